The fourth-order valence-corrected chi connectivity index (χ4v) is 12.0. The maximum Gasteiger partial charge on any atom is 0.315 e. The second kappa shape index (κ2) is 12.0. The number of esters is 1. The third-order valence-electron chi connectivity index (χ3n) is 15.2. The SMILES string of the molecule is CC1(C)CCC2(C(=O)OC3OC(CO)C(O)C(O)C3O)CCC3(C)C(=CC(=O)C4C5(C)CC(O)C(O)C(CO)(CO)C5CCC43C)C2C1O. The number of ketones is 1. The number of aliphatic hydroxyl groups excluding tert-OH is 9. The van der Waals surface area contributed by atoms with Gasteiger partial charge in [0.2, 0.25) is 6.29 Å². The molecule has 0 aromatic heterocycles. The molecule has 0 aromatic rings. The van der Waals surface area contributed by atoms with E-state index in [1.54, 1.807) is 6.08 Å². The van der Waals surface area contributed by atoms with Crippen molar-refractivity contribution in [2.45, 2.75) is 129 Å². The van der Waals surface area contributed by atoms with Crippen LogP contribution in [0.2, 0.25) is 0 Å². The van der Waals surface area contributed by atoms with E-state index in [0.717, 1.165) is 0 Å². The number of carbonyl (C=O) groups is 2. The summed E-state index contributed by atoms with van der Waals surface area (Å²) in [6.45, 7) is 8.07. The summed E-state index contributed by atoms with van der Waals surface area (Å²) in [6.07, 6.45) is -7.76. The molecule has 13 nitrogen and oxygen atoms in total. The van der Waals surface area contributed by atoms with Crippen molar-refractivity contribution in [2.75, 3.05) is 19.8 Å². The van der Waals surface area contributed by atoms with Crippen LogP contribution in [0, 0.1) is 50.2 Å². The van der Waals surface area contributed by atoms with E-state index in [9.17, 15) is 55.5 Å². The summed E-state index contributed by atoms with van der Waals surface area (Å²) in [7, 11) is 0. The van der Waals surface area contributed by atoms with Crippen LogP contribution in [0.1, 0.15) is 79.6 Å². The van der Waals surface area contributed by atoms with E-state index in [1.807, 2.05) is 20.8 Å². The van der Waals surface area contributed by atoms with Crippen LogP contribution in [-0.4, -0.2) is 127 Å². The molecule has 13 heteroatoms. The molecule has 278 valence electrons. The van der Waals surface area contributed by atoms with Gasteiger partial charge in [-0.25, -0.2) is 0 Å². The van der Waals surface area contributed by atoms with E-state index in [-0.39, 0.29) is 18.6 Å². The van der Waals surface area contributed by atoms with E-state index in [2.05, 4.69) is 13.8 Å². The smallest absolute Gasteiger partial charge is 0.315 e. The Labute approximate surface area is 286 Å². The van der Waals surface area contributed by atoms with Gasteiger partial charge < -0.3 is 55.4 Å². The molecule has 6 aliphatic rings. The summed E-state index contributed by atoms with van der Waals surface area (Å²) in [6, 6.07) is 0. The highest BCUT2D eigenvalue weighted by Crippen LogP contribution is 2.75. The second-order valence-corrected chi connectivity index (χ2v) is 17.7. The molecule has 0 bridgehead atoms. The molecular formula is C36H56O13. The van der Waals surface area contributed by atoms with Gasteiger partial charge >= 0.3 is 5.97 Å². The third-order valence-corrected chi connectivity index (χ3v) is 15.2. The maximum atomic E-state index is 14.7. The number of allylic oxidation sites excluding steroid dienone is 1. The van der Waals surface area contributed by atoms with Gasteiger partial charge in [-0.15, -0.1) is 0 Å². The highest BCUT2D eigenvalue weighted by Gasteiger charge is 2.74. The Morgan fingerprint density at radius 3 is 2.10 bits per heavy atom. The molecule has 0 spiro atoms. The molecule has 0 amide bonds. The largest absolute Gasteiger partial charge is 0.432 e. The summed E-state index contributed by atoms with van der Waals surface area (Å²) in [5, 5.41) is 96.5. The van der Waals surface area contributed by atoms with Gasteiger partial charge in [0.25, 0.3) is 0 Å². The Bertz CT molecular complexity index is 1360. The Kier molecular flexibility index (Phi) is 9.13. The van der Waals surface area contributed by atoms with E-state index in [4.69, 9.17) is 9.47 Å². The molecule has 0 radical (unpaired) electrons. The first kappa shape index (κ1) is 37.2. The van der Waals surface area contributed by atoms with Gasteiger partial charge in [-0.1, -0.05) is 40.2 Å². The van der Waals surface area contributed by atoms with Crippen molar-refractivity contribution in [1.29, 1.82) is 0 Å². The monoisotopic (exact) mass is 696 g/mol. The summed E-state index contributed by atoms with van der Waals surface area (Å²) < 4.78 is 11.3. The van der Waals surface area contributed by atoms with Crippen molar-refractivity contribution >= 4 is 11.8 Å². The average Bonchev–Trinajstić information content (AvgIpc) is 3.04. The van der Waals surface area contributed by atoms with Crippen LogP contribution in [0.4, 0.5) is 0 Å². The summed E-state index contributed by atoms with van der Waals surface area (Å²) >= 11 is 0. The zero-order valence-corrected chi connectivity index (χ0v) is 29.2. The molecule has 9 N–H and O–H groups in total. The molecule has 1 aliphatic heterocycles. The summed E-state index contributed by atoms with van der Waals surface area (Å²) in [5.41, 5.74) is -5.08. The first-order valence-electron chi connectivity index (χ1n) is 17.8. The minimum absolute atomic E-state index is 0.0975. The molecule has 49 heavy (non-hydrogen) atoms. The van der Waals surface area contributed by atoms with Crippen molar-refractivity contribution < 1.29 is 65.0 Å². The van der Waals surface area contributed by atoms with Gasteiger partial charge in [0, 0.05) is 17.3 Å². The van der Waals surface area contributed by atoms with Crippen molar-refractivity contribution in [3.05, 3.63) is 11.6 Å². The molecule has 15 atom stereocenters. The lowest BCUT2D eigenvalue weighted by Crippen LogP contribution is -2.71. The van der Waals surface area contributed by atoms with Crippen molar-refractivity contribution in [1.82, 2.24) is 0 Å². The molecule has 0 aromatic carbocycles. The lowest BCUT2D eigenvalue weighted by molar-refractivity contribution is -0.298. The Morgan fingerprint density at radius 2 is 1.49 bits per heavy atom. The zero-order valence-electron chi connectivity index (χ0n) is 29.2. The van der Waals surface area contributed by atoms with Gasteiger partial charge in [-0.05, 0) is 78.6 Å². The van der Waals surface area contributed by atoms with Crippen molar-refractivity contribution in [2.24, 2.45) is 50.2 Å². The summed E-state index contributed by atoms with van der Waals surface area (Å²) in [4.78, 5) is 29.1. The molecule has 1 saturated heterocycles. The molecule has 15 unspecified atom stereocenters. The Balaban J connectivity index is 1.43. The van der Waals surface area contributed by atoms with E-state index >= 15 is 0 Å². The fourth-order valence-electron chi connectivity index (χ4n) is 12.0. The first-order valence-corrected chi connectivity index (χ1v) is 17.8. The van der Waals surface area contributed by atoms with Gasteiger partial charge in [0.1, 0.15) is 24.4 Å². The first-order chi connectivity index (χ1) is 22.8. The molecule has 1 heterocycles. The molecular weight excluding hydrogens is 640 g/mol. The lowest BCUT2D eigenvalue weighted by Gasteiger charge is -2.71. The average molecular weight is 697 g/mol. The van der Waals surface area contributed by atoms with Crippen LogP contribution in [0.5, 0.6) is 0 Å². The van der Waals surface area contributed by atoms with Gasteiger partial charge in [-0.2, -0.15) is 0 Å². The lowest BCUT2D eigenvalue weighted by atomic mass is 9.33. The molecule has 4 saturated carbocycles. The van der Waals surface area contributed by atoms with Gasteiger partial charge in [0.15, 0.2) is 5.78 Å². The van der Waals surface area contributed by atoms with Gasteiger partial charge in [0.05, 0.1) is 43.5 Å². The van der Waals surface area contributed by atoms with Crippen LogP contribution in [-0.2, 0) is 19.1 Å². The van der Waals surface area contributed by atoms with Crippen LogP contribution in [0.15, 0.2) is 11.6 Å². The Hall–Kier alpha value is -1.52. The predicted octanol–water partition coefficient (Wildman–Crippen LogP) is -0.442. The number of ether oxygens (including phenoxy) is 2. The highest BCUT2D eigenvalue weighted by atomic mass is 16.7. The van der Waals surface area contributed by atoms with E-state index < -0.39 is 125 Å². The van der Waals surface area contributed by atoms with Crippen LogP contribution >= 0.6 is 0 Å². The number of rotatable bonds is 5. The molecule has 6 rings (SSSR count). The third kappa shape index (κ3) is 4.80. The molecule has 5 fully saturated rings. The van der Waals surface area contributed by atoms with Crippen LogP contribution in [0.3, 0.4) is 0 Å². The second-order valence-electron chi connectivity index (χ2n) is 17.7. The number of fused-ring (bicyclic) bond motifs is 7. The van der Waals surface area contributed by atoms with Crippen molar-refractivity contribution in [3.8, 4) is 0 Å². The predicted molar refractivity (Wildman–Crippen MR) is 171 cm³/mol. The van der Waals surface area contributed by atoms with Crippen LogP contribution in [0.25, 0.3) is 0 Å². The highest BCUT2D eigenvalue weighted by molar-refractivity contribution is 5.96. The number of aliphatic hydroxyl groups is 9. The quantitative estimate of drug-likeness (QED) is 0.166. The van der Waals surface area contributed by atoms with Crippen LogP contribution < -0.4 is 0 Å². The van der Waals surface area contributed by atoms with Gasteiger partial charge in [-0.3, -0.25) is 9.59 Å². The normalized spacial score (nSPS) is 51.8. The summed E-state index contributed by atoms with van der Waals surface area (Å²) in [5.74, 6) is -2.98. The zero-order chi connectivity index (χ0) is 36.3. The number of carbonyl (C=O) groups excluding carboxylic acids is 2. The van der Waals surface area contributed by atoms with Crippen molar-refractivity contribution in [3.63, 3.8) is 0 Å². The number of hydrogen-bond acceptors (Lipinski definition) is 13. The minimum atomic E-state index is -1.80. The maximum absolute atomic E-state index is 14.7. The minimum Gasteiger partial charge on any atom is -0.432 e. The van der Waals surface area contributed by atoms with E-state index in [1.165, 1.54) is 0 Å². The van der Waals surface area contributed by atoms with E-state index in [0.29, 0.717) is 37.7 Å². The standard InChI is InChI=1S/C36H56O13/c1-31(2)8-10-35(30(47)49-29-25(44)24(43)23(42)20(14-37)48-29)11-9-33(4)17(22(35)28(31)46)12-18(40)26-32(3)13-19(41)27(45)36(15-38,16-39)21(32)6-7-34(26,33)5/h12,19-29,37-39,41-46H,6-11,13-16H2,1-5H3. The Morgan fingerprint density at radius 1 is 0.857 bits per heavy atom. The fraction of sp³-hybridized carbons (Fsp3) is 0.889. The number of hydrogen-bond donors (Lipinski definition) is 9. The molecule has 5 aliphatic carbocycles. The topological polar surface area (TPSA) is 235 Å².